The van der Waals surface area contributed by atoms with Crippen molar-refractivity contribution in [2.75, 3.05) is 7.11 Å². The first-order valence-corrected chi connectivity index (χ1v) is 9.17. The van der Waals surface area contributed by atoms with Crippen LogP contribution in [-0.4, -0.2) is 35.7 Å². The first-order chi connectivity index (χ1) is 13.1. The number of amides is 1. The largest absolute Gasteiger partial charge is 0.467 e. The maximum Gasteiger partial charge on any atom is 0.328 e. The molecule has 0 heterocycles. The average molecular weight is 390 g/mol. The van der Waals surface area contributed by atoms with E-state index >= 15 is 0 Å². The van der Waals surface area contributed by atoms with Gasteiger partial charge in [-0.15, -0.1) is 0 Å². The summed E-state index contributed by atoms with van der Waals surface area (Å²) >= 11 is 0. The number of Topliss-reactive ketones (excluding diaryl/α,β-unsaturated/α-hetero) is 1. The normalized spacial score (nSPS) is 21.1. The third-order valence-corrected chi connectivity index (χ3v) is 5.80. The van der Waals surface area contributed by atoms with E-state index in [2.05, 4.69) is 5.32 Å². The Hall–Kier alpha value is -2.77. The van der Waals surface area contributed by atoms with Crippen LogP contribution in [0.25, 0.3) is 0 Å². The fraction of sp³-hybridized carbons (Fsp3) is 0.550. The van der Waals surface area contributed by atoms with Gasteiger partial charge in [-0.05, 0) is 30.2 Å². The highest BCUT2D eigenvalue weighted by Gasteiger charge is 2.50. The van der Waals surface area contributed by atoms with Crippen LogP contribution in [0.15, 0.2) is 24.3 Å². The summed E-state index contributed by atoms with van der Waals surface area (Å²) in [5, 5.41) is 13.4. The van der Waals surface area contributed by atoms with E-state index in [0.29, 0.717) is 12.0 Å². The maximum absolute atomic E-state index is 12.5. The van der Waals surface area contributed by atoms with E-state index in [1.54, 1.807) is 19.1 Å². The van der Waals surface area contributed by atoms with Crippen LogP contribution < -0.4 is 5.32 Å². The predicted octanol–water partition coefficient (Wildman–Crippen LogP) is 2.44. The van der Waals surface area contributed by atoms with Crippen LogP contribution in [0.4, 0.5) is 5.69 Å². The Labute approximate surface area is 163 Å². The second kappa shape index (κ2) is 8.50. The first-order valence-electron chi connectivity index (χ1n) is 9.17. The zero-order valence-electron chi connectivity index (χ0n) is 16.6. The molecule has 0 radical (unpaired) electrons. The second-order valence-corrected chi connectivity index (χ2v) is 7.89. The number of carbonyl (C=O) groups is 3. The second-order valence-electron chi connectivity index (χ2n) is 7.89. The summed E-state index contributed by atoms with van der Waals surface area (Å²) in [6.45, 7) is 5.53. The van der Waals surface area contributed by atoms with Gasteiger partial charge >= 0.3 is 5.97 Å². The molecule has 1 aromatic carbocycles. The highest BCUT2D eigenvalue weighted by molar-refractivity contribution is 5.85. The van der Waals surface area contributed by atoms with Gasteiger partial charge < -0.3 is 10.1 Å². The number of ketones is 1. The van der Waals surface area contributed by atoms with Gasteiger partial charge in [0.15, 0.2) is 0 Å². The number of nitrogens with one attached hydrogen (secondary N) is 1. The molecule has 2 rings (SSSR count). The lowest BCUT2D eigenvalue weighted by molar-refractivity contribution is -0.384. The van der Waals surface area contributed by atoms with Crippen molar-refractivity contribution in [1.29, 1.82) is 0 Å². The van der Waals surface area contributed by atoms with E-state index < -0.39 is 16.9 Å². The number of benzene rings is 1. The molecule has 0 spiro atoms. The Morgan fingerprint density at radius 1 is 1.29 bits per heavy atom. The number of ether oxygens (including phenoxy) is 1. The molecule has 0 aromatic heterocycles. The standard InChI is InChI=1S/C20H26N2O6/c1-12(23)16-10-14(20(16,2)3)11-18(24)21-17(19(25)28-4)9-13-5-7-15(8-6-13)22(26)27/h5-8,14,16-17H,9-11H2,1-4H3,(H,21,24)/t14-,16+,17+/m1/s1. The molecule has 8 nitrogen and oxygen atoms in total. The molecule has 0 unspecified atom stereocenters. The number of nitro groups is 1. The highest BCUT2D eigenvalue weighted by atomic mass is 16.6. The minimum atomic E-state index is -0.884. The number of hydrogen-bond acceptors (Lipinski definition) is 6. The number of rotatable bonds is 8. The summed E-state index contributed by atoms with van der Waals surface area (Å²) < 4.78 is 4.78. The molecule has 1 N–H and O–H groups in total. The number of hydrogen-bond donors (Lipinski definition) is 1. The average Bonchev–Trinajstić information content (AvgIpc) is 2.63. The smallest absolute Gasteiger partial charge is 0.328 e. The van der Waals surface area contributed by atoms with Crippen LogP contribution in [0.5, 0.6) is 0 Å². The zero-order valence-corrected chi connectivity index (χ0v) is 16.6. The SMILES string of the molecule is COC(=O)[C@H](Cc1ccc([N+](=O)[O-])cc1)NC(=O)C[C@H]1C[C@@H](C(C)=O)C1(C)C. The van der Waals surface area contributed by atoms with Crippen molar-refractivity contribution < 1.29 is 24.0 Å². The van der Waals surface area contributed by atoms with E-state index in [1.165, 1.54) is 19.2 Å². The van der Waals surface area contributed by atoms with Crippen molar-refractivity contribution >= 4 is 23.3 Å². The molecule has 28 heavy (non-hydrogen) atoms. The molecule has 3 atom stereocenters. The van der Waals surface area contributed by atoms with Gasteiger partial charge in [0.2, 0.25) is 5.91 Å². The Morgan fingerprint density at radius 3 is 2.36 bits per heavy atom. The fourth-order valence-corrected chi connectivity index (χ4v) is 3.85. The minimum Gasteiger partial charge on any atom is -0.467 e. The van der Waals surface area contributed by atoms with Gasteiger partial charge in [-0.1, -0.05) is 26.0 Å². The maximum atomic E-state index is 12.5. The number of methoxy groups -OCH3 is 1. The van der Waals surface area contributed by atoms with Gasteiger partial charge in [-0.2, -0.15) is 0 Å². The summed E-state index contributed by atoms with van der Waals surface area (Å²) in [5.74, 6) is -0.702. The van der Waals surface area contributed by atoms with Crippen molar-refractivity contribution in [2.45, 2.75) is 46.1 Å². The predicted molar refractivity (Wildman–Crippen MR) is 101 cm³/mol. The van der Waals surface area contributed by atoms with Crippen molar-refractivity contribution in [3.05, 3.63) is 39.9 Å². The fourth-order valence-electron chi connectivity index (χ4n) is 3.85. The van der Waals surface area contributed by atoms with Crippen molar-refractivity contribution in [2.24, 2.45) is 17.3 Å². The third-order valence-electron chi connectivity index (χ3n) is 5.80. The van der Waals surface area contributed by atoms with Gasteiger partial charge in [0.05, 0.1) is 12.0 Å². The molecule has 1 fully saturated rings. The molecule has 0 bridgehead atoms. The van der Waals surface area contributed by atoms with E-state index in [4.69, 9.17) is 4.74 Å². The van der Waals surface area contributed by atoms with Crippen LogP contribution in [0.3, 0.4) is 0 Å². The third kappa shape index (κ3) is 4.74. The monoisotopic (exact) mass is 390 g/mol. The molecule has 152 valence electrons. The van der Waals surface area contributed by atoms with E-state index in [9.17, 15) is 24.5 Å². The van der Waals surface area contributed by atoms with Gasteiger partial charge in [-0.3, -0.25) is 19.7 Å². The molecular formula is C20H26N2O6. The number of carbonyl (C=O) groups excluding carboxylic acids is 3. The van der Waals surface area contributed by atoms with E-state index in [0.717, 1.165) is 0 Å². The summed E-state index contributed by atoms with van der Waals surface area (Å²) in [6.07, 6.45) is 1.06. The lowest BCUT2D eigenvalue weighted by atomic mass is 9.52. The number of non-ortho nitro benzene ring substituents is 1. The van der Waals surface area contributed by atoms with Crippen molar-refractivity contribution in [3.63, 3.8) is 0 Å². The topological polar surface area (TPSA) is 116 Å². The lowest BCUT2D eigenvalue weighted by Crippen LogP contribution is -2.51. The van der Waals surface area contributed by atoms with Crippen LogP contribution in [-0.2, 0) is 25.5 Å². The Balaban J connectivity index is 2.00. The summed E-state index contributed by atoms with van der Waals surface area (Å²) in [4.78, 5) is 46.4. The van der Waals surface area contributed by atoms with E-state index in [1.807, 2.05) is 13.8 Å². The summed E-state index contributed by atoms with van der Waals surface area (Å²) in [7, 11) is 1.24. The quantitative estimate of drug-likeness (QED) is 0.414. The highest BCUT2D eigenvalue weighted by Crippen LogP contribution is 2.53. The minimum absolute atomic E-state index is 0.0400. The van der Waals surface area contributed by atoms with Crippen LogP contribution in [0.2, 0.25) is 0 Å². The Bertz CT molecular complexity index is 771. The first kappa shape index (κ1) is 21.5. The molecule has 1 amide bonds. The van der Waals surface area contributed by atoms with Gasteiger partial charge in [0.1, 0.15) is 11.8 Å². The van der Waals surface area contributed by atoms with Gasteiger partial charge in [-0.25, -0.2) is 4.79 Å². The number of esters is 1. The summed E-state index contributed by atoms with van der Waals surface area (Å²) in [5.41, 5.74) is 0.374. The van der Waals surface area contributed by atoms with Crippen molar-refractivity contribution in [1.82, 2.24) is 5.32 Å². The van der Waals surface area contributed by atoms with Gasteiger partial charge in [0, 0.05) is 30.9 Å². The Kier molecular flexibility index (Phi) is 6.53. The van der Waals surface area contributed by atoms with Crippen LogP contribution >= 0.6 is 0 Å². The molecule has 0 aliphatic heterocycles. The molecular weight excluding hydrogens is 364 g/mol. The zero-order chi connectivity index (χ0) is 21.1. The van der Waals surface area contributed by atoms with E-state index in [-0.39, 0.29) is 47.5 Å². The van der Waals surface area contributed by atoms with Gasteiger partial charge in [0.25, 0.3) is 5.69 Å². The number of nitro benzene ring substituents is 1. The molecule has 1 aromatic rings. The summed E-state index contributed by atoms with van der Waals surface area (Å²) in [6, 6.07) is 4.92. The van der Waals surface area contributed by atoms with Crippen LogP contribution in [0.1, 0.15) is 39.2 Å². The molecule has 0 saturated heterocycles. The molecule has 1 aliphatic carbocycles. The van der Waals surface area contributed by atoms with Crippen molar-refractivity contribution in [3.8, 4) is 0 Å². The molecule has 8 heteroatoms. The number of nitrogens with zero attached hydrogens (tertiary/aromatic N) is 1. The molecule has 1 aliphatic rings. The van der Waals surface area contributed by atoms with Crippen LogP contribution in [0, 0.1) is 27.4 Å². The lowest BCUT2D eigenvalue weighted by Gasteiger charge is -2.51. The molecule has 1 saturated carbocycles. The Morgan fingerprint density at radius 2 is 1.89 bits per heavy atom.